The van der Waals surface area contributed by atoms with E-state index in [0.717, 1.165) is 0 Å². The summed E-state index contributed by atoms with van der Waals surface area (Å²) in [5, 5.41) is 0. The van der Waals surface area contributed by atoms with E-state index in [2.05, 4.69) is 4.98 Å². The van der Waals surface area contributed by atoms with Crippen LogP contribution in [0.5, 0.6) is 0 Å². The van der Waals surface area contributed by atoms with E-state index >= 15 is 0 Å². The number of hydrogen-bond acceptors (Lipinski definition) is 6. The molecule has 2 aromatic rings. The van der Waals surface area contributed by atoms with Gasteiger partial charge < -0.3 is 9.64 Å². The van der Waals surface area contributed by atoms with Crippen LogP contribution in [0.3, 0.4) is 0 Å². The van der Waals surface area contributed by atoms with Crippen LogP contribution in [0.2, 0.25) is 0 Å². The number of ether oxygens (including phenoxy) is 1. The lowest BCUT2D eigenvalue weighted by Gasteiger charge is -2.39. The summed E-state index contributed by atoms with van der Waals surface area (Å²) in [6.45, 7) is 3.10. The minimum Gasteiger partial charge on any atom is -0.379 e. The van der Waals surface area contributed by atoms with Gasteiger partial charge in [-0.05, 0) is 29.8 Å². The van der Waals surface area contributed by atoms with Crippen LogP contribution in [-0.2, 0) is 19.6 Å². The van der Waals surface area contributed by atoms with Gasteiger partial charge >= 0.3 is 0 Å². The van der Waals surface area contributed by atoms with Crippen LogP contribution in [0.4, 0.5) is 4.39 Å². The fourth-order valence-corrected chi connectivity index (χ4v) is 5.38. The quantitative estimate of drug-likeness (QED) is 0.682. The van der Waals surface area contributed by atoms with Gasteiger partial charge in [0, 0.05) is 51.7 Å². The molecule has 2 aliphatic rings. The van der Waals surface area contributed by atoms with Gasteiger partial charge in [-0.25, -0.2) is 12.8 Å². The van der Waals surface area contributed by atoms with Crippen molar-refractivity contribution in [1.82, 2.24) is 19.1 Å². The smallest absolute Gasteiger partial charge is 0.244 e. The van der Waals surface area contributed by atoms with Gasteiger partial charge in [0.2, 0.25) is 15.9 Å². The second-order valence-corrected chi connectivity index (χ2v) is 9.46. The highest BCUT2D eigenvalue weighted by molar-refractivity contribution is 7.89. The van der Waals surface area contributed by atoms with Crippen LogP contribution in [0, 0.1) is 5.82 Å². The third-order valence-electron chi connectivity index (χ3n) is 5.63. The van der Waals surface area contributed by atoms with E-state index in [1.165, 1.54) is 34.9 Å². The molecule has 10 heteroatoms. The first-order chi connectivity index (χ1) is 15.0. The maximum absolute atomic E-state index is 13.9. The second-order valence-electron chi connectivity index (χ2n) is 7.52. The average molecular weight is 449 g/mol. The average Bonchev–Trinajstić information content (AvgIpc) is 2.81. The monoisotopic (exact) mass is 448 g/mol. The fraction of sp³-hybridized carbons (Fsp3) is 0.429. The highest BCUT2D eigenvalue weighted by Crippen LogP contribution is 2.26. The molecule has 4 rings (SSSR count). The first-order valence-corrected chi connectivity index (χ1v) is 11.7. The van der Waals surface area contributed by atoms with Crippen LogP contribution in [-0.4, -0.2) is 85.9 Å². The van der Waals surface area contributed by atoms with Gasteiger partial charge in [-0.15, -0.1) is 0 Å². The number of morpholine rings is 1. The Morgan fingerprint density at radius 3 is 2.42 bits per heavy atom. The standard InChI is InChI=1S/C21H25FN4O4S/c22-18-4-1-3-17(15-18)20(24-11-13-30-14-12-24)21(27)25-7-9-26(10-8-25)31(28,29)19-5-2-6-23-16-19/h1-6,15-16,20H,7-14H2. The van der Waals surface area contributed by atoms with Crippen LogP contribution < -0.4 is 0 Å². The lowest BCUT2D eigenvalue weighted by atomic mass is 10.0. The number of nitrogens with zero attached hydrogens (tertiary/aromatic N) is 4. The summed E-state index contributed by atoms with van der Waals surface area (Å²) in [6, 6.07) is 8.57. The van der Waals surface area contributed by atoms with Gasteiger partial charge in [0.25, 0.3) is 0 Å². The van der Waals surface area contributed by atoms with E-state index < -0.39 is 21.9 Å². The summed E-state index contributed by atoms with van der Waals surface area (Å²) in [6.07, 6.45) is 2.85. The maximum Gasteiger partial charge on any atom is 0.244 e. The van der Waals surface area contributed by atoms with Crippen LogP contribution >= 0.6 is 0 Å². The number of amides is 1. The van der Waals surface area contributed by atoms with Crippen molar-refractivity contribution in [1.29, 1.82) is 0 Å². The van der Waals surface area contributed by atoms with Crippen molar-refractivity contribution >= 4 is 15.9 Å². The van der Waals surface area contributed by atoms with Crippen LogP contribution in [0.15, 0.2) is 53.7 Å². The van der Waals surface area contributed by atoms with E-state index in [-0.39, 0.29) is 37.0 Å². The van der Waals surface area contributed by atoms with Crippen molar-refractivity contribution in [3.63, 3.8) is 0 Å². The van der Waals surface area contributed by atoms with Crippen LogP contribution in [0.1, 0.15) is 11.6 Å². The van der Waals surface area contributed by atoms with Gasteiger partial charge in [-0.1, -0.05) is 12.1 Å². The molecule has 1 atom stereocenters. The third-order valence-corrected chi connectivity index (χ3v) is 7.51. The molecule has 1 amide bonds. The number of rotatable bonds is 5. The number of piperazine rings is 1. The topological polar surface area (TPSA) is 83.0 Å². The van der Waals surface area contributed by atoms with Gasteiger partial charge in [-0.2, -0.15) is 4.31 Å². The molecule has 3 heterocycles. The summed E-state index contributed by atoms with van der Waals surface area (Å²) in [4.78, 5) is 21.2. The van der Waals surface area contributed by atoms with Gasteiger partial charge in [0.1, 0.15) is 16.8 Å². The first-order valence-electron chi connectivity index (χ1n) is 10.2. The largest absolute Gasteiger partial charge is 0.379 e. The summed E-state index contributed by atoms with van der Waals surface area (Å²) in [7, 11) is -3.65. The Balaban J connectivity index is 1.50. The second kappa shape index (κ2) is 9.39. The minimum atomic E-state index is -3.65. The Labute approximate surface area is 181 Å². The number of carbonyl (C=O) groups excluding carboxylic acids is 1. The molecule has 8 nitrogen and oxygen atoms in total. The lowest BCUT2D eigenvalue weighted by Crippen LogP contribution is -2.54. The molecule has 0 aliphatic carbocycles. The Morgan fingerprint density at radius 1 is 1.03 bits per heavy atom. The summed E-state index contributed by atoms with van der Waals surface area (Å²) in [5.74, 6) is -0.540. The fourth-order valence-electron chi connectivity index (χ4n) is 3.99. The number of carbonyl (C=O) groups is 1. The maximum atomic E-state index is 13.9. The predicted octanol–water partition coefficient (Wildman–Crippen LogP) is 1.13. The molecule has 0 N–H and O–H groups in total. The van der Waals surface area contributed by atoms with Crippen molar-refractivity contribution in [3.05, 3.63) is 60.2 Å². The lowest BCUT2D eigenvalue weighted by molar-refractivity contribution is -0.140. The molecule has 1 aromatic carbocycles. The van der Waals surface area contributed by atoms with E-state index in [1.54, 1.807) is 23.1 Å². The van der Waals surface area contributed by atoms with E-state index in [9.17, 15) is 17.6 Å². The summed E-state index contributed by atoms with van der Waals surface area (Å²) >= 11 is 0. The molecule has 166 valence electrons. The molecule has 2 saturated heterocycles. The predicted molar refractivity (Wildman–Crippen MR) is 111 cm³/mol. The van der Waals surface area contributed by atoms with E-state index in [1.807, 2.05) is 4.90 Å². The highest BCUT2D eigenvalue weighted by atomic mass is 32.2. The zero-order chi connectivity index (χ0) is 21.8. The minimum absolute atomic E-state index is 0.140. The SMILES string of the molecule is O=C(C(c1cccc(F)c1)N1CCOCC1)N1CCN(S(=O)(=O)c2cccnc2)CC1. The Hall–Kier alpha value is -2.40. The van der Waals surface area contributed by atoms with Crippen molar-refractivity contribution in [2.45, 2.75) is 10.9 Å². The van der Waals surface area contributed by atoms with Crippen molar-refractivity contribution in [2.75, 3.05) is 52.5 Å². The number of pyridine rings is 1. The number of sulfonamides is 1. The number of halogens is 1. The number of hydrogen-bond donors (Lipinski definition) is 0. The molecule has 0 radical (unpaired) electrons. The molecule has 2 aliphatic heterocycles. The molecule has 1 unspecified atom stereocenters. The molecular formula is C21H25FN4O4S. The number of benzene rings is 1. The van der Waals surface area contributed by atoms with Gasteiger partial charge in [-0.3, -0.25) is 14.7 Å². The zero-order valence-electron chi connectivity index (χ0n) is 17.1. The molecule has 31 heavy (non-hydrogen) atoms. The van der Waals surface area contributed by atoms with Crippen molar-refractivity contribution in [2.24, 2.45) is 0 Å². The molecule has 1 aromatic heterocycles. The van der Waals surface area contributed by atoms with Gasteiger partial charge in [0.05, 0.1) is 13.2 Å². The summed E-state index contributed by atoms with van der Waals surface area (Å²) < 4.78 is 46.3. The molecule has 0 saturated carbocycles. The Bertz CT molecular complexity index is 1010. The molecule has 0 bridgehead atoms. The van der Waals surface area contributed by atoms with Crippen molar-refractivity contribution < 1.29 is 22.3 Å². The summed E-state index contributed by atoms with van der Waals surface area (Å²) in [5.41, 5.74) is 0.595. The highest BCUT2D eigenvalue weighted by Gasteiger charge is 2.36. The zero-order valence-corrected chi connectivity index (χ0v) is 17.9. The molecule has 2 fully saturated rings. The first kappa shape index (κ1) is 21.8. The number of aromatic nitrogens is 1. The van der Waals surface area contributed by atoms with E-state index in [4.69, 9.17) is 4.74 Å². The molecule has 0 spiro atoms. The van der Waals surface area contributed by atoms with Crippen molar-refractivity contribution in [3.8, 4) is 0 Å². The van der Waals surface area contributed by atoms with Crippen LogP contribution in [0.25, 0.3) is 0 Å². The Morgan fingerprint density at radius 2 is 1.77 bits per heavy atom. The normalized spacial score (nSPS) is 19.8. The van der Waals surface area contributed by atoms with E-state index in [0.29, 0.717) is 31.9 Å². The molecular weight excluding hydrogens is 423 g/mol. The van der Waals surface area contributed by atoms with Gasteiger partial charge in [0.15, 0.2) is 0 Å². The third kappa shape index (κ3) is 4.77. The Kier molecular flexibility index (Phi) is 6.61.